The minimum atomic E-state index is -0.388. The summed E-state index contributed by atoms with van der Waals surface area (Å²) in [7, 11) is 1.72. The molecule has 0 aliphatic heterocycles. The average molecular weight is 467 g/mol. The first-order valence-corrected chi connectivity index (χ1v) is 8.59. The number of benzene rings is 1. The number of halogens is 1. The fourth-order valence-corrected chi connectivity index (χ4v) is 1.97. The van der Waals surface area contributed by atoms with Gasteiger partial charge in [0.1, 0.15) is 5.69 Å². The molecule has 1 aromatic rings. The van der Waals surface area contributed by atoms with Crippen LogP contribution in [0.15, 0.2) is 29.3 Å². The number of hydrogen-bond acceptors (Lipinski definition) is 5. The summed E-state index contributed by atoms with van der Waals surface area (Å²) in [5.74, 6) is 0.719. The molecule has 0 aliphatic carbocycles. The van der Waals surface area contributed by atoms with Crippen LogP contribution in [-0.2, 0) is 0 Å². The van der Waals surface area contributed by atoms with E-state index in [1.165, 1.54) is 6.07 Å². The van der Waals surface area contributed by atoms with Crippen molar-refractivity contribution in [2.75, 3.05) is 38.3 Å². The van der Waals surface area contributed by atoms with Gasteiger partial charge in [0, 0.05) is 37.5 Å². The number of nitrogens with one attached hydrogen (secondary N) is 3. The molecule has 3 N–H and O–H groups in total. The van der Waals surface area contributed by atoms with Gasteiger partial charge in [-0.1, -0.05) is 12.1 Å². The van der Waals surface area contributed by atoms with E-state index in [9.17, 15) is 10.1 Å². The van der Waals surface area contributed by atoms with E-state index < -0.39 is 0 Å². The summed E-state index contributed by atoms with van der Waals surface area (Å²) in [6.45, 7) is 6.27. The highest BCUT2D eigenvalue weighted by molar-refractivity contribution is 14.0. The summed E-state index contributed by atoms with van der Waals surface area (Å²) < 4.78 is 0.126. The molecule has 0 saturated carbocycles. The Bertz CT molecular complexity index is 554. The molecule has 0 fully saturated rings. The van der Waals surface area contributed by atoms with E-state index in [-0.39, 0.29) is 39.3 Å². The van der Waals surface area contributed by atoms with Crippen molar-refractivity contribution in [1.29, 1.82) is 0 Å². The quantitative estimate of drug-likeness (QED) is 0.136. The molecule has 1 aromatic carbocycles. The van der Waals surface area contributed by atoms with E-state index in [0.29, 0.717) is 18.8 Å². The minimum absolute atomic E-state index is 0. The first-order valence-electron chi connectivity index (χ1n) is 7.36. The molecule has 0 unspecified atom stereocenters. The lowest BCUT2D eigenvalue weighted by Gasteiger charge is -2.23. The summed E-state index contributed by atoms with van der Waals surface area (Å²) in [5.41, 5.74) is 0.600. The first kappa shape index (κ1) is 22.8. The summed E-state index contributed by atoms with van der Waals surface area (Å²) in [6.07, 6.45) is 2.08. The summed E-state index contributed by atoms with van der Waals surface area (Å²) in [5, 5.41) is 20.5. The van der Waals surface area contributed by atoms with Crippen molar-refractivity contribution in [2.24, 2.45) is 4.99 Å². The number of anilines is 1. The third-order valence-corrected chi connectivity index (χ3v) is 4.54. The highest BCUT2D eigenvalue weighted by atomic mass is 127. The van der Waals surface area contributed by atoms with Gasteiger partial charge in [-0.3, -0.25) is 15.1 Å². The predicted octanol–water partition coefficient (Wildman–Crippen LogP) is 2.93. The van der Waals surface area contributed by atoms with E-state index in [2.05, 4.69) is 41.0 Å². The number of guanidine groups is 1. The van der Waals surface area contributed by atoms with Crippen molar-refractivity contribution >= 4 is 53.1 Å². The van der Waals surface area contributed by atoms with Gasteiger partial charge in [0.25, 0.3) is 5.69 Å². The number of para-hydroxylation sites is 2. The number of nitrogens with zero attached hydrogens (tertiary/aromatic N) is 2. The van der Waals surface area contributed by atoms with E-state index in [1.54, 1.807) is 37.0 Å². The molecule has 9 heteroatoms. The smallest absolute Gasteiger partial charge is 0.292 e. The van der Waals surface area contributed by atoms with Crippen LogP contribution in [0.4, 0.5) is 11.4 Å². The molecule has 0 heterocycles. The van der Waals surface area contributed by atoms with Crippen LogP contribution >= 0.6 is 35.7 Å². The Morgan fingerprint density at radius 1 is 1.29 bits per heavy atom. The van der Waals surface area contributed by atoms with Gasteiger partial charge < -0.3 is 16.0 Å². The molecule has 136 valence electrons. The van der Waals surface area contributed by atoms with E-state index in [1.807, 2.05) is 0 Å². The van der Waals surface area contributed by atoms with Crippen LogP contribution < -0.4 is 16.0 Å². The Kier molecular flexibility index (Phi) is 10.8. The molecule has 0 radical (unpaired) electrons. The van der Waals surface area contributed by atoms with Gasteiger partial charge in [-0.2, -0.15) is 11.8 Å². The number of hydrogen-bond donors (Lipinski definition) is 3. The van der Waals surface area contributed by atoms with Gasteiger partial charge in [-0.05, 0) is 26.2 Å². The van der Waals surface area contributed by atoms with Crippen LogP contribution in [0.1, 0.15) is 13.8 Å². The first-order chi connectivity index (χ1) is 10.9. The maximum absolute atomic E-state index is 10.9. The summed E-state index contributed by atoms with van der Waals surface area (Å²) in [4.78, 5) is 14.7. The van der Waals surface area contributed by atoms with Crippen LogP contribution in [0.25, 0.3) is 0 Å². The number of rotatable bonds is 8. The molecule has 24 heavy (non-hydrogen) atoms. The van der Waals surface area contributed by atoms with Gasteiger partial charge in [0.2, 0.25) is 0 Å². The van der Waals surface area contributed by atoms with Gasteiger partial charge >= 0.3 is 0 Å². The highest BCUT2D eigenvalue weighted by Crippen LogP contribution is 2.22. The Morgan fingerprint density at radius 3 is 2.54 bits per heavy atom. The number of aliphatic imine (C=N–C) groups is 1. The lowest BCUT2D eigenvalue weighted by atomic mass is 10.2. The molecule has 0 atom stereocenters. The topological polar surface area (TPSA) is 91.6 Å². The second-order valence-corrected chi connectivity index (χ2v) is 7.03. The van der Waals surface area contributed by atoms with Crippen molar-refractivity contribution in [1.82, 2.24) is 10.6 Å². The highest BCUT2D eigenvalue weighted by Gasteiger charge is 2.16. The summed E-state index contributed by atoms with van der Waals surface area (Å²) in [6, 6.07) is 6.61. The zero-order chi connectivity index (χ0) is 17.3. The molecule has 0 bridgehead atoms. The molecule has 0 saturated heterocycles. The van der Waals surface area contributed by atoms with E-state index >= 15 is 0 Å². The lowest BCUT2D eigenvalue weighted by molar-refractivity contribution is -0.384. The Morgan fingerprint density at radius 2 is 1.96 bits per heavy atom. The maximum atomic E-state index is 10.9. The lowest BCUT2D eigenvalue weighted by Crippen LogP contribution is -2.44. The molecule has 0 aromatic heterocycles. The third-order valence-electron chi connectivity index (χ3n) is 3.29. The number of nitro benzene ring substituents is 1. The van der Waals surface area contributed by atoms with Gasteiger partial charge in [0.15, 0.2) is 5.96 Å². The molecule has 0 amide bonds. The molecular weight excluding hydrogens is 441 g/mol. The van der Waals surface area contributed by atoms with Gasteiger partial charge in [0.05, 0.1) is 4.92 Å². The van der Waals surface area contributed by atoms with Crippen LogP contribution in [-0.4, -0.2) is 48.6 Å². The second kappa shape index (κ2) is 11.3. The normalized spacial score (nSPS) is 11.4. The Balaban J connectivity index is 0.00000529. The fourth-order valence-electron chi connectivity index (χ4n) is 1.75. The Hall–Kier alpha value is -1.23. The zero-order valence-corrected chi connectivity index (χ0v) is 17.6. The zero-order valence-electron chi connectivity index (χ0n) is 14.5. The second-order valence-electron chi connectivity index (χ2n) is 5.52. The maximum Gasteiger partial charge on any atom is 0.292 e. The van der Waals surface area contributed by atoms with Crippen molar-refractivity contribution in [2.45, 2.75) is 18.6 Å². The standard InChI is InChI=1S/C15H25N5O2S.HI/c1-15(2,23-4)11-19-14(16-3)18-10-9-17-12-7-5-6-8-13(12)20(21)22;/h5-8,17H,9-11H2,1-4H3,(H2,16,18,19);1H. The van der Waals surface area contributed by atoms with E-state index in [4.69, 9.17) is 0 Å². The third kappa shape index (κ3) is 8.04. The van der Waals surface area contributed by atoms with Crippen LogP contribution in [0, 0.1) is 10.1 Å². The van der Waals surface area contributed by atoms with E-state index in [0.717, 1.165) is 12.5 Å². The van der Waals surface area contributed by atoms with Crippen molar-refractivity contribution in [3.8, 4) is 0 Å². The fraction of sp³-hybridized carbons (Fsp3) is 0.533. The van der Waals surface area contributed by atoms with Crippen LogP contribution in [0.2, 0.25) is 0 Å². The monoisotopic (exact) mass is 467 g/mol. The molecule has 0 spiro atoms. The van der Waals surface area contributed by atoms with Gasteiger partial charge in [-0.15, -0.1) is 24.0 Å². The molecule has 0 aliphatic rings. The van der Waals surface area contributed by atoms with Gasteiger partial charge in [-0.25, -0.2) is 0 Å². The number of nitro groups is 1. The predicted molar refractivity (Wildman–Crippen MR) is 114 cm³/mol. The molecular formula is C15H26IN5O2S. The molecule has 1 rings (SSSR count). The van der Waals surface area contributed by atoms with Crippen molar-refractivity contribution in [3.63, 3.8) is 0 Å². The van der Waals surface area contributed by atoms with Crippen molar-refractivity contribution in [3.05, 3.63) is 34.4 Å². The molecule has 7 nitrogen and oxygen atoms in total. The van der Waals surface area contributed by atoms with Crippen LogP contribution in [0.3, 0.4) is 0 Å². The number of thioether (sulfide) groups is 1. The van der Waals surface area contributed by atoms with Crippen molar-refractivity contribution < 1.29 is 4.92 Å². The summed E-state index contributed by atoms with van der Waals surface area (Å²) >= 11 is 1.79. The minimum Gasteiger partial charge on any atom is -0.378 e. The Labute approximate surface area is 164 Å². The van der Waals surface area contributed by atoms with Crippen LogP contribution in [0.5, 0.6) is 0 Å². The largest absolute Gasteiger partial charge is 0.378 e. The SMILES string of the molecule is CN=C(NCCNc1ccccc1[N+](=O)[O-])NCC(C)(C)SC.I. The average Bonchev–Trinajstić information content (AvgIpc) is 2.54.